The van der Waals surface area contributed by atoms with Gasteiger partial charge in [0.25, 0.3) is 0 Å². The van der Waals surface area contributed by atoms with Crippen LogP contribution in [0.5, 0.6) is 0 Å². The van der Waals surface area contributed by atoms with Crippen LogP contribution in [0.25, 0.3) is 0 Å². The number of fused-ring (bicyclic) bond motifs is 1. The van der Waals surface area contributed by atoms with Crippen molar-refractivity contribution in [2.24, 2.45) is 0 Å². The molecule has 0 amide bonds. The molecule has 0 atom stereocenters. The van der Waals surface area contributed by atoms with Crippen LogP contribution in [0.2, 0.25) is 5.02 Å². The maximum atomic E-state index is 11.6. The molecular weight excluding hydrogens is 340 g/mol. The first-order chi connectivity index (χ1) is 11.7. The lowest BCUT2D eigenvalue weighted by atomic mass is 10.0. The number of Topliss-reactive ketones (excluding diaryl/α,β-unsaturated/α-hetero) is 1. The molecule has 0 saturated heterocycles. The van der Waals surface area contributed by atoms with Gasteiger partial charge in [-0.1, -0.05) is 41.9 Å². The quantitative estimate of drug-likeness (QED) is 0.562. The summed E-state index contributed by atoms with van der Waals surface area (Å²) in [5.41, 5.74) is 5.53. The van der Waals surface area contributed by atoms with E-state index < -0.39 is 0 Å². The van der Waals surface area contributed by atoms with Gasteiger partial charge in [-0.3, -0.25) is 4.79 Å². The van der Waals surface area contributed by atoms with E-state index in [0.29, 0.717) is 12.1 Å². The number of hydrogen-bond donors (Lipinski definition) is 3. The number of nitrogens with one attached hydrogen (secondary N) is 2. The minimum absolute atomic E-state index is 0.0433. The van der Waals surface area contributed by atoms with Crippen molar-refractivity contribution in [1.29, 1.82) is 0 Å². The molecule has 1 aliphatic heterocycles. The normalized spacial score (nSPS) is 13.9. The molecule has 2 aromatic carbocycles. The van der Waals surface area contributed by atoms with Crippen LogP contribution in [-0.4, -0.2) is 24.6 Å². The Bertz CT molecular complexity index is 731. The van der Waals surface area contributed by atoms with Crippen molar-refractivity contribution in [2.45, 2.75) is 19.4 Å². The summed E-state index contributed by atoms with van der Waals surface area (Å²) < 4.78 is 0. The molecule has 1 heterocycles. The van der Waals surface area contributed by atoms with Crippen molar-refractivity contribution in [3.63, 3.8) is 0 Å². The van der Waals surface area contributed by atoms with Gasteiger partial charge in [0.1, 0.15) is 0 Å². The van der Waals surface area contributed by atoms with Crippen LogP contribution in [0.3, 0.4) is 0 Å². The Hall–Kier alpha value is -1.49. The average molecular weight is 361 g/mol. The van der Waals surface area contributed by atoms with Gasteiger partial charge in [0, 0.05) is 12.1 Å². The highest BCUT2D eigenvalue weighted by Gasteiger charge is 2.14. The van der Waals surface area contributed by atoms with Gasteiger partial charge in [0.05, 0.1) is 16.5 Å². The van der Waals surface area contributed by atoms with E-state index in [2.05, 4.69) is 29.3 Å². The molecule has 0 fully saturated rings. The fraction of sp³-hybridized carbons (Fsp3) is 0.316. The van der Waals surface area contributed by atoms with Gasteiger partial charge in [0.15, 0.2) is 5.78 Å². The molecule has 3 nitrogen and oxygen atoms in total. The molecule has 24 heavy (non-hydrogen) atoms. The Kier molecular flexibility index (Phi) is 5.82. The van der Waals surface area contributed by atoms with Crippen LogP contribution in [0, 0.1) is 0 Å². The number of halogens is 1. The number of thiol groups is 1. The van der Waals surface area contributed by atoms with Crippen molar-refractivity contribution in [1.82, 2.24) is 5.32 Å². The Labute approximate surface area is 153 Å². The monoisotopic (exact) mass is 360 g/mol. The summed E-state index contributed by atoms with van der Waals surface area (Å²) in [5.74, 6) is 0.277. The summed E-state index contributed by atoms with van der Waals surface area (Å²) in [6, 6.07) is 11.8. The van der Waals surface area contributed by atoms with Crippen molar-refractivity contribution in [3.8, 4) is 0 Å². The first kappa shape index (κ1) is 17.3. The Morgan fingerprint density at radius 3 is 2.62 bits per heavy atom. The molecule has 0 unspecified atom stereocenters. The van der Waals surface area contributed by atoms with Crippen LogP contribution >= 0.6 is 24.2 Å². The zero-order valence-electron chi connectivity index (χ0n) is 13.4. The number of benzene rings is 2. The van der Waals surface area contributed by atoms with Gasteiger partial charge in [0.2, 0.25) is 0 Å². The molecule has 0 spiro atoms. The second kappa shape index (κ2) is 8.06. The highest BCUT2D eigenvalue weighted by Crippen LogP contribution is 2.31. The average Bonchev–Trinajstić information content (AvgIpc) is 2.86. The van der Waals surface area contributed by atoms with Crippen molar-refractivity contribution in [2.75, 3.05) is 24.2 Å². The summed E-state index contributed by atoms with van der Waals surface area (Å²) in [4.78, 5) is 11.6. The second-order valence-electron chi connectivity index (χ2n) is 5.94. The molecule has 2 aromatic rings. The number of carbonyl (C=O) groups is 1. The van der Waals surface area contributed by atoms with Crippen LogP contribution < -0.4 is 10.6 Å². The summed E-state index contributed by atoms with van der Waals surface area (Å²) >= 11 is 10.5. The van der Waals surface area contributed by atoms with E-state index in [1.807, 2.05) is 30.3 Å². The van der Waals surface area contributed by atoms with Crippen molar-refractivity contribution >= 4 is 35.7 Å². The van der Waals surface area contributed by atoms with Gasteiger partial charge in [-0.2, -0.15) is 12.6 Å². The molecule has 1 aliphatic rings. The summed E-state index contributed by atoms with van der Waals surface area (Å²) in [7, 11) is 0. The minimum atomic E-state index is 0.0433. The summed E-state index contributed by atoms with van der Waals surface area (Å²) in [6.07, 6.45) is 2.01. The molecule has 3 rings (SSSR count). The zero-order chi connectivity index (χ0) is 16.9. The van der Waals surface area contributed by atoms with Gasteiger partial charge < -0.3 is 10.6 Å². The summed E-state index contributed by atoms with van der Waals surface area (Å²) in [6.45, 7) is 2.66. The van der Waals surface area contributed by atoms with E-state index in [1.165, 1.54) is 11.1 Å². The molecule has 0 aromatic heterocycles. The summed E-state index contributed by atoms with van der Waals surface area (Å²) in [5, 5.41) is 7.68. The van der Waals surface area contributed by atoms with E-state index in [-0.39, 0.29) is 11.5 Å². The lowest BCUT2D eigenvalue weighted by molar-refractivity contribution is 0.102. The number of rotatable bonds is 5. The third-order valence-electron chi connectivity index (χ3n) is 4.37. The maximum absolute atomic E-state index is 11.6. The zero-order valence-corrected chi connectivity index (χ0v) is 15.1. The van der Waals surface area contributed by atoms with Gasteiger partial charge >= 0.3 is 0 Å². The van der Waals surface area contributed by atoms with E-state index >= 15 is 0 Å². The largest absolute Gasteiger partial charge is 0.380 e. The second-order valence-corrected chi connectivity index (χ2v) is 6.67. The molecular formula is C19H21ClN2OS. The first-order valence-corrected chi connectivity index (χ1v) is 9.18. The Morgan fingerprint density at radius 1 is 1.12 bits per heavy atom. The third kappa shape index (κ3) is 3.94. The standard InChI is InChI=1S/C19H21ClN2OS/c20-17-6-5-14-7-9-21-10-8-16(14)19(17)22-11-13-1-3-15(4-2-13)18(23)12-24/h1-6,21-22,24H,7-12H2. The van der Waals surface area contributed by atoms with E-state index in [4.69, 9.17) is 11.6 Å². The van der Waals surface area contributed by atoms with E-state index in [9.17, 15) is 4.79 Å². The minimum Gasteiger partial charge on any atom is -0.380 e. The van der Waals surface area contributed by atoms with Crippen LogP contribution in [0.1, 0.15) is 27.0 Å². The molecule has 2 N–H and O–H groups in total. The highest BCUT2D eigenvalue weighted by molar-refractivity contribution is 7.81. The SMILES string of the molecule is O=C(CS)c1ccc(CNc2c(Cl)ccc3c2CCNCC3)cc1. The predicted molar refractivity (Wildman–Crippen MR) is 104 cm³/mol. The van der Waals surface area contributed by atoms with Crippen LogP contribution in [0.15, 0.2) is 36.4 Å². The Morgan fingerprint density at radius 2 is 1.88 bits per heavy atom. The van der Waals surface area contributed by atoms with Gasteiger partial charge in [-0.25, -0.2) is 0 Å². The van der Waals surface area contributed by atoms with Crippen LogP contribution in [-0.2, 0) is 19.4 Å². The molecule has 5 heteroatoms. The molecule has 0 aliphatic carbocycles. The first-order valence-electron chi connectivity index (χ1n) is 8.17. The fourth-order valence-corrected chi connectivity index (χ4v) is 3.45. The molecule has 0 radical (unpaired) electrons. The third-order valence-corrected chi connectivity index (χ3v) is 4.97. The molecule has 0 bridgehead atoms. The molecule has 0 saturated carbocycles. The predicted octanol–water partition coefficient (Wildman–Crippen LogP) is 3.75. The van der Waals surface area contributed by atoms with Crippen molar-refractivity contribution in [3.05, 3.63) is 63.7 Å². The highest BCUT2D eigenvalue weighted by atomic mass is 35.5. The van der Waals surface area contributed by atoms with Gasteiger partial charge in [-0.15, -0.1) is 0 Å². The van der Waals surface area contributed by atoms with E-state index in [1.54, 1.807) is 0 Å². The number of anilines is 1. The van der Waals surface area contributed by atoms with E-state index in [0.717, 1.165) is 42.2 Å². The lowest BCUT2D eigenvalue weighted by Crippen LogP contribution is -2.16. The Balaban J connectivity index is 1.76. The maximum Gasteiger partial charge on any atom is 0.172 e. The number of ketones is 1. The topological polar surface area (TPSA) is 41.1 Å². The van der Waals surface area contributed by atoms with Crippen LogP contribution in [0.4, 0.5) is 5.69 Å². The van der Waals surface area contributed by atoms with Crippen molar-refractivity contribution < 1.29 is 4.79 Å². The van der Waals surface area contributed by atoms with Gasteiger partial charge in [-0.05, 0) is 48.7 Å². The number of hydrogen-bond acceptors (Lipinski definition) is 4. The smallest absolute Gasteiger partial charge is 0.172 e. The molecule has 126 valence electrons. The lowest BCUT2D eigenvalue weighted by Gasteiger charge is -2.16. The fourth-order valence-electron chi connectivity index (χ4n) is 3.02. The number of carbonyl (C=O) groups excluding carboxylic acids is 1.